The first kappa shape index (κ1) is 30.9. The predicted octanol–water partition coefficient (Wildman–Crippen LogP) is 3.10. The van der Waals surface area contributed by atoms with Gasteiger partial charge in [0, 0.05) is 36.2 Å². The van der Waals surface area contributed by atoms with Crippen molar-refractivity contribution in [3.05, 3.63) is 74.0 Å². The SMILES string of the molecule is CNC(=O)C1=C(O)[C@@]2(O)C(=O)C3=C(O)c4c(O)c(C(C)(C)C)cc(-c5cccc([N+](=O)[O-])c5)c4C[C@H]3C[C@H]2[C@H](N(C)C)C1=O. The summed E-state index contributed by atoms with van der Waals surface area (Å²) in [5.41, 5.74) is -2.73. The van der Waals surface area contributed by atoms with Gasteiger partial charge in [0.1, 0.15) is 22.8 Å². The number of phenolic OH excluding ortho intramolecular Hbond substituents is 1. The van der Waals surface area contributed by atoms with Gasteiger partial charge >= 0.3 is 0 Å². The monoisotopic (exact) mass is 605 g/mol. The molecular weight excluding hydrogens is 570 g/mol. The van der Waals surface area contributed by atoms with Gasteiger partial charge in [-0.05, 0) is 61.0 Å². The first-order valence-corrected chi connectivity index (χ1v) is 14.2. The number of aliphatic hydroxyl groups excluding tert-OH is 2. The van der Waals surface area contributed by atoms with Gasteiger partial charge in [-0.25, -0.2) is 0 Å². The molecule has 1 amide bonds. The minimum absolute atomic E-state index is 0.0447. The van der Waals surface area contributed by atoms with Gasteiger partial charge in [0.05, 0.1) is 16.5 Å². The molecule has 0 radical (unpaired) electrons. The number of benzene rings is 2. The number of aliphatic hydroxyl groups is 3. The number of rotatable bonds is 4. The lowest BCUT2D eigenvalue weighted by Crippen LogP contribution is -2.65. The van der Waals surface area contributed by atoms with Crippen LogP contribution in [0.3, 0.4) is 0 Å². The second-order valence-electron chi connectivity index (χ2n) is 12.9. The smallest absolute Gasteiger partial charge is 0.270 e. The maximum atomic E-state index is 14.3. The molecule has 3 aliphatic carbocycles. The number of hydrogen-bond donors (Lipinski definition) is 5. The van der Waals surface area contributed by atoms with Crippen LogP contribution in [0.15, 0.2) is 47.2 Å². The molecule has 0 spiro atoms. The van der Waals surface area contributed by atoms with Crippen molar-refractivity contribution in [1.29, 1.82) is 0 Å². The van der Waals surface area contributed by atoms with E-state index in [0.717, 1.165) is 0 Å². The Bertz CT molecular complexity index is 1720. The van der Waals surface area contributed by atoms with E-state index in [1.54, 1.807) is 26.2 Å². The Labute approximate surface area is 253 Å². The lowest BCUT2D eigenvalue weighted by molar-refractivity contribution is -0.384. The number of likely N-dealkylation sites (N-methyl/N-ethyl adjacent to an activating group) is 2. The Kier molecular flexibility index (Phi) is 7.21. The highest BCUT2D eigenvalue weighted by Gasteiger charge is 2.64. The molecule has 0 saturated heterocycles. The van der Waals surface area contributed by atoms with E-state index in [9.17, 15) is 44.9 Å². The fraction of sp³-hybridized carbons (Fsp3) is 0.406. The average Bonchev–Trinajstić information content (AvgIpc) is 2.94. The van der Waals surface area contributed by atoms with Gasteiger partial charge < -0.3 is 25.7 Å². The van der Waals surface area contributed by atoms with E-state index in [1.165, 1.54) is 30.1 Å². The predicted molar refractivity (Wildman–Crippen MR) is 160 cm³/mol. The third-order valence-electron chi connectivity index (χ3n) is 9.10. The van der Waals surface area contributed by atoms with Gasteiger partial charge in [-0.2, -0.15) is 0 Å². The number of carbonyl (C=O) groups excluding carboxylic acids is 3. The van der Waals surface area contributed by atoms with Crippen molar-refractivity contribution in [2.75, 3.05) is 21.1 Å². The van der Waals surface area contributed by atoms with Crippen LogP contribution in [-0.4, -0.2) is 80.5 Å². The van der Waals surface area contributed by atoms with Crippen molar-refractivity contribution in [2.24, 2.45) is 11.8 Å². The average molecular weight is 606 g/mol. The van der Waals surface area contributed by atoms with Gasteiger partial charge in [-0.15, -0.1) is 0 Å². The molecule has 4 atom stereocenters. The quantitative estimate of drug-likeness (QED) is 0.197. The lowest BCUT2D eigenvalue weighted by Gasteiger charge is -2.50. The normalized spacial score (nSPS) is 25.0. The standard InChI is InChI=1S/C32H35N3O9/c1-31(2,3)20-13-17(14-8-7-9-16(10-14)35(43)44)18-11-15-12-19-24(34(5)6)27(38)23(30(41)33-4)29(40)32(19,42)28(39)21(15)26(37)22(18)25(20)36/h7-10,13,15,19,24,36-37,40,42H,11-12H2,1-6H3,(H,33,41)/t15-,19-,24-,32-/m0/s1. The Balaban J connectivity index is 1.81. The highest BCUT2D eigenvalue weighted by atomic mass is 16.6. The van der Waals surface area contributed by atoms with Crippen LogP contribution in [0.5, 0.6) is 5.75 Å². The van der Waals surface area contributed by atoms with E-state index in [1.807, 2.05) is 20.8 Å². The number of Topliss-reactive ketones (excluding diaryl/α,β-unsaturated/α-hetero) is 2. The largest absolute Gasteiger partial charge is 0.508 e. The minimum Gasteiger partial charge on any atom is -0.508 e. The maximum Gasteiger partial charge on any atom is 0.270 e. The Hall–Kier alpha value is -4.55. The zero-order chi connectivity index (χ0) is 32.6. The number of ketones is 2. The molecule has 0 unspecified atom stereocenters. The first-order valence-electron chi connectivity index (χ1n) is 14.2. The summed E-state index contributed by atoms with van der Waals surface area (Å²) in [6, 6.07) is 6.52. The van der Waals surface area contributed by atoms with Gasteiger partial charge in [0.15, 0.2) is 11.4 Å². The fourth-order valence-corrected chi connectivity index (χ4v) is 7.03. The van der Waals surface area contributed by atoms with Crippen LogP contribution in [0.1, 0.15) is 43.9 Å². The second kappa shape index (κ2) is 10.3. The lowest BCUT2D eigenvalue weighted by atomic mass is 9.57. The third-order valence-corrected chi connectivity index (χ3v) is 9.10. The summed E-state index contributed by atoms with van der Waals surface area (Å²) in [5, 5.41) is 60.3. The van der Waals surface area contributed by atoms with E-state index in [2.05, 4.69) is 5.32 Å². The van der Waals surface area contributed by atoms with E-state index in [-0.39, 0.29) is 35.4 Å². The van der Waals surface area contributed by atoms with Crippen molar-refractivity contribution >= 4 is 28.9 Å². The summed E-state index contributed by atoms with van der Waals surface area (Å²) in [7, 11) is 4.36. The number of nitrogens with zero attached hydrogens (tertiary/aromatic N) is 2. The number of nitro groups is 1. The molecule has 1 saturated carbocycles. The summed E-state index contributed by atoms with van der Waals surface area (Å²) >= 11 is 0. The van der Waals surface area contributed by atoms with Gasteiger partial charge in [-0.1, -0.05) is 32.9 Å². The number of amides is 1. The van der Waals surface area contributed by atoms with E-state index >= 15 is 0 Å². The van der Waals surface area contributed by atoms with Crippen molar-refractivity contribution in [2.45, 2.75) is 50.7 Å². The van der Waals surface area contributed by atoms with Crippen LogP contribution in [-0.2, 0) is 26.2 Å². The van der Waals surface area contributed by atoms with Crippen LogP contribution in [0.25, 0.3) is 16.9 Å². The van der Waals surface area contributed by atoms with E-state index in [4.69, 9.17) is 0 Å². The molecule has 1 fully saturated rings. The molecule has 232 valence electrons. The zero-order valence-corrected chi connectivity index (χ0v) is 25.3. The van der Waals surface area contributed by atoms with Crippen LogP contribution in [0.2, 0.25) is 0 Å². The topological polar surface area (TPSA) is 191 Å². The van der Waals surface area contributed by atoms with Crippen LogP contribution in [0.4, 0.5) is 5.69 Å². The molecule has 44 heavy (non-hydrogen) atoms. The molecular formula is C32H35N3O9. The van der Waals surface area contributed by atoms with E-state index in [0.29, 0.717) is 22.3 Å². The van der Waals surface area contributed by atoms with Crippen molar-refractivity contribution in [3.63, 3.8) is 0 Å². The van der Waals surface area contributed by atoms with Crippen LogP contribution >= 0.6 is 0 Å². The highest BCUT2D eigenvalue weighted by molar-refractivity contribution is 6.25. The molecule has 0 aromatic heterocycles. The highest BCUT2D eigenvalue weighted by Crippen LogP contribution is 2.55. The number of hydrogen-bond acceptors (Lipinski definition) is 10. The number of fused-ring (bicyclic) bond motifs is 3. The summed E-state index contributed by atoms with van der Waals surface area (Å²) in [6.07, 6.45) is 0.0288. The molecule has 2 aromatic carbocycles. The zero-order valence-electron chi connectivity index (χ0n) is 25.3. The summed E-state index contributed by atoms with van der Waals surface area (Å²) < 4.78 is 0. The number of carbonyl (C=O) groups is 3. The summed E-state index contributed by atoms with van der Waals surface area (Å²) in [6.45, 7) is 5.51. The molecule has 0 bridgehead atoms. The summed E-state index contributed by atoms with van der Waals surface area (Å²) in [4.78, 5) is 53.0. The maximum absolute atomic E-state index is 14.3. The Morgan fingerprint density at radius 3 is 2.36 bits per heavy atom. The molecule has 0 heterocycles. The van der Waals surface area contributed by atoms with Crippen molar-refractivity contribution in [1.82, 2.24) is 10.2 Å². The molecule has 0 aliphatic heterocycles. The Morgan fingerprint density at radius 1 is 1.14 bits per heavy atom. The fourth-order valence-electron chi connectivity index (χ4n) is 7.03. The van der Waals surface area contributed by atoms with Gasteiger partial charge in [-0.3, -0.25) is 29.4 Å². The van der Waals surface area contributed by atoms with Gasteiger partial charge in [0.25, 0.3) is 11.6 Å². The van der Waals surface area contributed by atoms with Crippen molar-refractivity contribution in [3.8, 4) is 16.9 Å². The number of nitrogens with one attached hydrogen (secondary N) is 1. The minimum atomic E-state index is -2.71. The van der Waals surface area contributed by atoms with Crippen molar-refractivity contribution < 1.29 is 39.7 Å². The number of non-ortho nitro benzene ring substituents is 1. The molecule has 12 nitrogen and oxygen atoms in total. The van der Waals surface area contributed by atoms with Crippen LogP contribution < -0.4 is 5.32 Å². The number of nitro benzene ring substituents is 1. The molecule has 3 aliphatic rings. The number of aromatic hydroxyl groups is 1. The molecule has 5 rings (SSSR count). The van der Waals surface area contributed by atoms with Crippen LogP contribution in [0, 0.1) is 22.0 Å². The van der Waals surface area contributed by atoms with E-state index < -0.39 is 68.4 Å². The molecule has 12 heteroatoms. The summed E-state index contributed by atoms with van der Waals surface area (Å²) in [5.74, 6) is -6.71. The first-order chi connectivity index (χ1) is 20.5. The second-order valence-corrected chi connectivity index (χ2v) is 12.9. The molecule has 5 N–H and O–H groups in total. The molecule has 2 aromatic rings. The Morgan fingerprint density at radius 2 is 1.80 bits per heavy atom. The number of phenols is 1. The third kappa shape index (κ3) is 4.31. The van der Waals surface area contributed by atoms with Gasteiger partial charge in [0.2, 0.25) is 5.78 Å².